The van der Waals surface area contributed by atoms with E-state index >= 15 is 0 Å². The Morgan fingerprint density at radius 3 is 0.516 bits per heavy atom. The molecule has 0 rings (SSSR count). The van der Waals surface area contributed by atoms with E-state index in [1.54, 1.807) is 0 Å². The molecule has 0 aromatic rings. The van der Waals surface area contributed by atoms with E-state index in [1.165, 1.54) is 246 Å². The van der Waals surface area contributed by atoms with Gasteiger partial charge in [-0.2, -0.15) is 0 Å². The largest absolute Gasteiger partial charge is 0.499 e. The Labute approximate surface area is 387 Å². The number of rotatable bonds is 40. The van der Waals surface area contributed by atoms with E-state index in [1.807, 2.05) is 0 Å². The second-order valence-electron chi connectivity index (χ2n) is 18.2. The summed E-state index contributed by atoms with van der Waals surface area (Å²) in [5, 5.41) is 0. The molecule has 13 heteroatoms. The van der Waals surface area contributed by atoms with Crippen molar-refractivity contribution in [2.45, 2.75) is 243 Å². The fraction of sp³-hybridized carbons (Fsp3) is 1.00. The number of alkyl halides is 2. The third-order valence-electron chi connectivity index (χ3n) is 12.2. The van der Waals surface area contributed by atoms with Crippen LogP contribution in [0.3, 0.4) is 0 Å². The summed E-state index contributed by atoms with van der Waals surface area (Å²) in [4.78, 5) is 15.6. The van der Waals surface area contributed by atoms with Gasteiger partial charge in [0.15, 0.2) is 0 Å². The SMILES string of the molecule is CCCC[N+](CCCC)(CCCC)CCCC.CCCC[N+](CCCC)(CCCC)CCCC.CCCC[N+](CCCC)(CCCC)CCCC.O=[PH](O)OC(F)(F)O[PH](=O)O. The van der Waals surface area contributed by atoms with Gasteiger partial charge in [0, 0.05) is 0 Å². The van der Waals surface area contributed by atoms with Crippen molar-refractivity contribution in [2.75, 3.05) is 78.5 Å². The second kappa shape index (κ2) is 47.5. The first-order valence-electron chi connectivity index (χ1n) is 26.3. The van der Waals surface area contributed by atoms with Gasteiger partial charge in [0.2, 0.25) is 0 Å². The normalized spacial score (nSPS) is 13.0. The first kappa shape index (κ1) is 68.6. The van der Waals surface area contributed by atoms with Gasteiger partial charge in [-0.25, -0.2) is 9.05 Å². The highest BCUT2D eigenvalue weighted by Gasteiger charge is 2.36. The third-order valence-corrected chi connectivity index (χ3v) is 13.1. The van der Waals surface area contributed by atoms with Crippen LogP contribution < -0.4 is 0 Å². The van der Waals surface area contributed by atoms with Crippen LogP contribution in [0.4, 0.5) is 8.78 Å². The van der Waals surface area contributed by atoms with Crippen molar-refractivity contribution in [2.24, 2.45) is 0 Å². The highest BCUT2D eigenvalue weighted by molar-refractivity contribution is 7.32. The van der Waals surface area contributed by atoms with Crippen molar-refractivity contribution < 1.29 is 50.2 Å². The summed E-state index contributed by atoms with van der Waals surface area (Å²) in [6.07, 6.45) is 28.7. The Bertz CT molecular complexity index is 755. The van der Waals surface area contributed by atoms with Gasteiger partial charge in [0.25, 0.3) is 0 Å². The summed E-state index contributed by atoms with van der Waals surface area (Å²) >= 11 is 0. The van der Waals surface area contributed by atoms with Gasteiger partial charge in [-0.05, 0) is 77.0 Å². The Kier molecular flexibility index (Phi) is 52.6. The minimum Gasteiger partial charge on any atom is -0.326 e. The molecule has 0 saturated carbocycles. The number of halogens is 2. The molecule has 2 unspecified atom stereocenters. The quantitative estimate of drug-likeness (QED) is 0.0361. The van der Waals surface area contributed by atoms with Gasteiger partial charge in [0.05, 0.1) is 78.5 Å². The highest BCUT2D eigenvalue weighted by Crippen LogP contribution is 2.36. The topological polar surface area (TPSA) is 93.1 Å². The Morgan fingerprint density at radius 1 is 0.323 bits per heavy atom. The molecule has 0 fully saturated rings. The molecule has 0 aliphatic heterocycles. The van der Waals surface area contributed by atoms with Gasteiger partial charge >= 0.3 is 22.8 Å². The highest BCUT2D eigenvalue weighted by atomic mass is 31.1. The fourth-order valence-electron chi connectivity index (χ4n) is 8.16. The molecule has 0 bridgehead atoms. The first-order valence-corrected chi connectivity index (χ1v) is 28.9. The third kappa shape index (κ3) is 42.7. The van der Waals surface area contributed by atoms with Crippen molar-refractivity contribution in [3.05, 3.63) is 0 Å². The standard InChI is InChI=1S/3C16H36N.CH4F2O6P2/c3*1-5-9-13-17(14-10-6-2,15-11-7-3)16-12-8-4;2-1(3,8-10(4)5)9-11(6)7/h3*5-16H2,1-4H3;10-11H,(H,4,5)(H,6,7)/q3*+1;. The van der Waals surface area contributed by atoms with E-state index in [0.717, 1.165) is 0 Å². The average Bonchev–Trinajstić information content (AvgIpc) is 3.24. The minimum absolute atomic E-state index is 1.35. The van der Waals surface area contributed by atoms with Crippen LogP contribution in [0.5, 0.6) is 0 Å². The molecule has 380 valence electrons. The summed E-state index contributed by atoms with van der Waals surface area (Å²) in [6.45, 7) is 45.1. The van der Waals surface area contributed by atoms with E-state index in [9.17, 15) is 17.9 Å². The summed E-state index contributed by atoms with van der Waals surface area (Å²) in [5.74, 6) is 0. The van der Waals surface area contributed by atoms with Crippen molar-refractivity contribution in [3.63, 3.8) is 0 Å². The molecule has 0 aliphatic rings. The van der Waals surface area contributed by atoms with E-state index in [-0.39, 0.29) is 0 Å². The van der Waals surface area contributed by atoms with Crippen LogP contribution in [-0.2, 0) is 18.2 Å². The van der Waals surface area contributed by atoms with E-state index in [2.05, 4.69) is 92.1 Å². The maximum atomic E-state index is 11.8. The number of nitrogens with zero attached hydrogens (tertiary/aromatic N) is 3. The zero-order valence-electron chi connectivity index (χ0n) is 43.6. The molecule has 62 heavy (non-hydrogen) atoms. The number of unbranched alkanes of at least 4 members (excludes halogenated alkanes) is 12. The van der Waals surface area contributed by atoms with Crippen molar-refractivity contribution >= 4 is 16.5 Å². The minimum atomic E-state index is -4.49. The monoisotopic (exact) mass is 939 g/mol. The molecule has 0 aliphatic carbocycles. The summed E-state index contributed by atoms with van der Waals surface area (Å²) in [7, 11) is -7.79. The molecule has 9 nitrogen and oxygen atoms in total. The molecule has 0 aromatic heterocycles. The summed E-state index contributed by atoms with van der Waals surface area (Å²) in [5.41, 5.74) is 0. The number of hydrogen-bond acceptors (Lipinski definition) is 4. The van der Waals surface area contributed by atoms with E-state index in [4.69, 9.17) is 9.79 Å². The van der Waals surface area contributed by atoms with Crippen molar-refractivity contribution in [1.29, 1.82) is 0 Å². The lowest BCUT2D eigenvalue weighted by Crippen LogP contribution is -2.50. The van der Waals surface area contributed by atoms with Gasteiger partial charge in [-0.3, -0.25) is 9.13 Å². The van der Waals surface area contributed by atoms with Crippen LogP contribution in [0.2, 0.25) is 0 Å². The van der Waals surface area contributed by atoms with Crippen molar-refractivity contribution in [3.8, 4) is 0 Å². The fourth-order valence-corrected chi connectivity index (χ4v) is 8.73. The van der Waals surface area contributed by atoms with Crippen LogP contribution in [0, 0.1) is 0 Å². The molecule has 2 atom stereocenters. The molecule has 0 radical (unpaired) electrons. The molecule has 0 amide bonds. The summed E-state index contributed by atoms with van der Waals surface area (Å²) in [6, 6.07) is 0. The van der Waals surface area contributed by atoms with Gasteiger partial charge in [0.1, 0.15) is 0 Å². The van der Waals surface area contributed by atoms with Crippen LogP contribution >= 0.6 is 16.5 Å². The average molecular weight is 939 g/mol. The zero-order valence-corrected chi connectivity index (χ0v) is 45.6. The van der Waals surface area contributed by atoms with Crippen LogP contribution in [0.15, 0.2) is 0 Å². The first-order chi connectivity index (χ1) is 29.6. The molecular formula is C49H112F2N3O6P2+3. The Balaban J connectivity index is -0.000000366. The maximum absolute atomic E-state index is 11.8. The van der Waals surface area contributed by atoms with E-state index in [0.29, 0.717) is 0 Å². The lowest BCUT2D eigenvalue weighted by molar-refractivity contribution is -0.929. The Hall–Kier alpha value is 0.0400. The smallest absolute Gasteiger partial charge is 0.326 e. The van der Waals surface area contributed by atoms with Crippen LogP contribution in [-0.4, -0.2) is 108 Å². The van der Waals surface area contributed by atoms with E-state index < -0.39 is 22.8 Å². The van der Waals surface area contributed by atoms with Crippen LogP contribution in [0.25, 0.3) is 0 Å². The summed E-state index contributed by atoms with van der Waals surface area (Å²) < 4.78 is 53.1. The molecular weight excluding hydrogens is 826 g/mol. The van der Waals surface area contributed by atoms with Crippen LogP contribution in [0.1, 0.15) is 237 Å². The Morgan fingerprint density at radius 2 is 0.435 bits per heavy atom. The number of quaternary nitrogens is 3. The molecule has 0 aromatic carbocycles. The molecule has 0 heterocycles. The zero-order chi connectivity index (χ0) is 48.0. The second-order valence-corrected chi connectivity index (χ2v) is 19.6. The lowest BCUT2D eigenvalue weighted by Gasteiger charge is -2.39. The van der Waals surface area contributed by atoms with Crippen molar-refractivity contribution in [1.82, 2.24) is 0 Å². The predicted octanol–water partition coefficient (Wildman–Crippen LogP) is 15.3. The maximum Gasteiger partial charge on any atom is 0.499 e. The predicted molar refractivity (Wildman–Crippen MR) is 268 cm³/mol. The van der Waals surface area contributed by atoms with Gasteiger partial charge < -0.3 is 23.2 Å². The van der Waals surface area contributed by atoms with Gasteiger partial charge in [-0.1, -0.05) is 160 Å². The molecule has 0 saturated heterocycles. The number of hydrogen-bond donors (Lipinski definition) is 2. The van der Waals surface area contributed by atoms with Gasteiger partial charge in [-0.15, -0.1) is 8.78 Å². The molecule has 2 N–H and O–H groups in total. The molecule has 0 spiro atoms. The lowest BCUT2D eigenvalue weighted by atomic mass is 10.1.